The van der Waals surface area contributed by atoms with Crippen molar-refractivity contribution >= 4 is 27.3 Å². The van der Waals surface area contributed by atoms with Crippen LogP contribution in [-0.4, -0.2) is 45.5 Å². The van der Waals surface area contributed by atoms with Crippen molar-refractivity contribution in [3.8, 4) is 11.4 Å². The van der Waals surface area contributed by atoms with E-state index in [1.165, 1.54) is 35.1 Å². The standard InChI is InChI=1S/C24H27N3O3S/c1-14(2)22(28)21-12-20-23(31-21)24(29)27(13-25-20)15-6-8-18(9-7-15)30-19-10-16-4-5-17(11-19)26(16)3/h6-9,12-14,16-17,19H,4-5,10-11H2,1-3H3/t16-,17+,19+. The van der Waals surface area contributed by atoms with Crippen LogP contribution in [0.1, 0.15) is 49.2 Å². The zero-order chi connectivity index (χ0) is 21.7. The van der Waals surface area contributed by atoms with E-state index in [1.807, 2.05) is 38.1 Å². The van der Waals surface area contributed by atoms with Gasteiger partial charge in [0.15, 0.2) is 5.78 Å². The van der Waals surface area contributed by atoms with Gasteiger partial charge in [-0.3, -0.25) is 14.2 Å². The molecule has 0 radical (unpaired) electrons. The summed E-state index contributed by atoms with van der Waals surface area (Å²) in [7, 11) is 2.23. The maximum absolute atomic E-state index is 13.0. The highest BCUT2D eigenvalue weighted by atomic mass is 32.1. The average Bonchev–Trinajstić information content (AvgIpc) is 3.26. The van der Waals surface area contributed by atoms with E-state index in [4.69, 9.17) is 4.74 Å². The van der Waals surface area contributed by atoms with E-state index in [0.29, 0.717) is 27.2 Å². The first-order valence-electron chi connectivity index (χ1n) is 10.9. The fraction of sp³-hybridized carbons (Fsp3) is 0.458. The second kappa shape index (κ2) is 7.88. The van der Waals surface area contributed by atoms with E-state index in [1.54, 1.807) is 6.07 Å². The SMILES string of the molecule is CC(C)C(=O)c1cc2ncn(-c3ccc(O[C@H]4C[C@H]5CC[C@@H](C4)N5C)cc3)c(=O)c2s1. The van der Waals surface area contributed by atoms with Gasteiger partial charge in [-0.15, -0.1) is 11.3 Å². The van der Waals surface area contributed by atoms with Gasteiger partial charge >= 0.3 is 0 Å². The van der Waals surface area contributed by atoms with Crippen LogP contribution in [0.5, 0.6) is 5.75 Å². The van der Waals surface area contributed by atoms with Gasteiger partial charge in [-0.25, -0.2) is 4.98 Å². The Hall–Kier alpha value is -2.51. The van der Waals surface area contributed by atoms with Crippen LogP contribution in [-0.2, 0) is 0 Å². The molecule has 6 nitrogen and oxygen atoms in total. The van der Waals surface area contributed by atoms with E-state index in [9.17, 15) is 9.59 Å². The number of carbonyl (C=O) groups is 1. The van der Waals surface area contributed by atoms with E-state index >= 15 is 0 Å². The average molecular weight is 438 g/mol. The van der Waals surface area contributed by atoms with Gasteiger partial charge in [0.2, 0.25) is 0 Å². The highest BCUT2D eigenvalue weighted by Crippen LogP contribution is 2.36. The van der Waals surface area contributed by atoms with Crippen LogP contribution >= 0.6 is 11.3 Å². The second-order valence-corrected chi connectivity index (χ2v) is 10.1. The zero-order valence-corrected chi connectivity index (χ0v) is 18.9. The first kappa shape index (κ1) is 20.4. The summed E-state index contributed by atoms with van der Waals surface area (Å²) in [6, 6.07) is 10.6. The number of benzene rings is 1. The largest absolute Gasteiger partial charge is 0.490 e. The van der Waals surface area contributed by atoms with Crippen molar-refractivity contribution in [2.45, 2.75) is 57.7 Å². The summed E-state index contributed by atoms with van der Waals surface area (Å²) in [6.45, 7) is 3.72. The zero-order valence-electron chi connectivity index (χ0n) is 18.1. The van der Waals surface area contributed by atoms with Gasteiger partial charge in [0, 0.05) is 18.0 Å². The van der Waals surface area contributed by atoms with E-state index in [0.717, 1.165) is 24.3 Å². The van der Waals surface area contributed by atoms with Gasteiger partial charge in [-0.05, 0) is 63.1 Å². The second-order valence-electron chi connectivity index (χ2n) is 9.02. The quantitative estimate of drug-likeness (QED) is 0.557. The number of rotatable bonds is 5. The van der Waals surface area contributed by atoms with E-state index in [2.05, 4.69) is 16.9 Å². The molecule has 0 aliphatic carbocycles. The van der Waals surface area contributed by atoms with Gasteiger partial charge in [0.25, 0.3) is 5.56 Å². The summed E-state index contributed by atoms with van der Waals surface area (Å²) in [5.41, 5.74) is 1.16. The van der Waals surface area contributed by atoms with Gasteiger partial charge < -0.3 is 9.64 Å². The number of piperidine rings is 1. The Bertz CT molecular complexity index is 1170. The maximum atomic E-state index is 13.0. The number of Topliss-reactive ketones (excluding diaryl/α,β-unsaturated/α-hetero) is 1. The monoisotopic (exact) mass is 437 g/mol. The molecule has 1 aromatic carbocycles. The molecule has 2 aliphatic rings. The molecule has 2 fully saturated rings. The lowest BCUT2D eigenvalue weighted by Crippen LogP contribution is -2.43. The molecule has 0 saturated carbocycles. The fourth-order valence-corrected chi connectivity index (χ4v) is 5.97. The van der Waals surface area contributed by atoms with Gasteiger partial charge in [-0.2, -0.15) is 0 Å². The molecule has 3 atom stereocenters. The fourth-order valence-electron chi connectivity index (χ4n) is 4.84. The van der Waals surface area contributed by atoms with Crippen LogP contribution in [0.15, 0.2) is 41.5 Å². The minimum Gasteiger partial charge on any atom is -0.490 e. The predicted octanol–water partition coefficient (Wildman–Crippen LogP) is 4.29. The molecule has 4 heterocycles. The summed E-state index contributed by atoms with van der Waals surface area (Å²) in [4.78, 5) is 32.8. The van der Waals surface area contributed by atoms with Crippen LogP contribution in [0.2, 0.25) is 0 Å². The minimum absolute atomic E-state index is 0.0396. The number of ether oxygens (including phenoxy) is 1. The number of nitrogens with zero attached hydrogens (tertiary/aromatic N) is 3. The Labute approximate surface area is 185 Å². The molecule has 3 aromatic rings. The van der Waals surface area contributed by atoms with Crippen molar-refractivity contribution in [3.63, 3.8) is 0 Å². The van der Waals surface area contributed by atoms with E-state index in [-0.39, 0.29) is 23.4 Å². The lowest BCUT2D eigenvalue weighted by molar-refractivity contribution is 0.0661. The van der Waals surface area contributed by atoms with Crippen molar-refractivity contribution in [3.05, 3.63) is 51.9 Å². The maximum Gasteiger partial charge on any atom is 0.275 e. The molecular formula is C24H27N3O3S. The minimum atomic E-state index is -0.154. The van der Waals surface area contributed by atoms with Gasteiger partial charge in [0.05, 0.1) is 16.1 Å². The number of carbonyl (C=O) groups excluding carboxylic acids is 1. The summed E-state index contributed by atoms with van der Waals surface area (Å²) >= 11 is 1.23. The molecule has 2 saturated heterocycles. The highest BCUT2D eigenvalue weighted by Gasteiger charge is 2.39. The number of fused-ring (bicyclic) bond motifs is 3. The normalized spacial score (nSPS) is 23.5. The summed E-state index contributed by atoms with van der Waals surface area (Å²) < 4.78 is 8.30. The first-order valence-corrected chi connectivity index (χ1v) is 11.8. The highest BCUT2D eigenvalue weighted by molar-refractivity contribution is 7.20. The molecular weight excluding hydrogens is 410 g/mol. The Morgan fingerprint density at radius 3 is 2.48 bits per heavy atom. The number of hydrogen-bond donors (Lipinski definition) is 0. The number of aromatic nitrogens is 2. The number of thiophene rings is 1. The van der Waals surface area contributed by atoms with Gasteiger partial charge in [0.1, 0.15) is 22.9 Å². The topological polar surface area (TPSA) is 64.4 Å². The van der Waals surface area contributed by atoms with Crippen molar-refractivity contribution in [1.29, 1.82) is 0 Å². The molecule has 0 N–H and O–H groups in total. The molecule has 2 bridgehead atoms. The van der Waals surface area contributed by atoms with Crippen LogP contribution in [0, 0.1) is 5.92 Å². The molecule has 2 aromatic heterocycles. The van der Waals surface area contributed by atoms with Crippen LogP contribution in [0.25, 0.3) is 15.9 Å². The predicted molar refractivity (Wildman–Crippen MR) is 123 cm³/mol. The van der Waals surface area contributed by atoms with Crippen molar-refractivity contribution in [2.75, 3.05) is 7.05 Å². The van der Waals surface area contributed by atoms with E-state index < -0.39 is 0 Å². The summed E-state index contributed by atoms with van der Waals surface area (Å²) in [6.07, 6.45) is 6.47. The molecule has 7 heteroatoms. The molecule has 31 heavy (non-hydrogen) atoms. The van der Waals surface area contributed by atoms with Gasteiger partial charge in [-0.1, -0.05) is 13.8 Å². The Morgan fingerprint density at radius 1 is 1.16 bits per heavy atom. The molecule has 5 rings (SSSR count). The lowest BCUT2D eigenvalue weighted by Gasteiger charge is -2.36. The Morgan fingerprint density at radius 2 is 1.84 bits per heavy atom. The van der Waals surface area contributed by atoms with Crippen LogP contribution < -0.4 is 10.3 Å². The summed E-state index contributed by atoms with van der Waals surface area (Å²) in [5, 5.41) is 0. The number of ketones is 1. The smallest absolute Gasteiger partial charge is 0.275 e. The van der Waals surface area contributed by atoms with Crippen molar-refractivity contribution in [2.24, 2.45) is 5.92 Å². The lowest BCUT2D eigenvalue weighted by atomic mass is 10.0. The molecule has 0 spiro atoms. The first-order chi connectivity index (χ1) is 14.9. The van der Waals surface area contributed by atoms with Crippen LogP contribution in [0.4, 0.5) is 0 Å². The molecule has 0 unspecified atom stereocenters. The Balaban J connectivity index is 1.36. The number of hydrogen-bond acceptors (Lipinski definition) is 6. The third-order valence-electron chi connectivity index (χ3n) is 6.68. The van der Waals surface area contributed by atoms with Crippen molar-refractivity contribution in [1.82, 2.24) is 14.5 Å². The molecule has 0 amide bonds. The third-order valence-corrected chi connectivity index (χ3v) is 7.80. The summed E-state index contributed by atoms with van der Waals surface area (Å²) in [5.74, 6) is 0.765. The molecule has 2 aliphatic heterocycles. The third kappa shape index (κ3) is 3.70. The molecule has 162 valence electrons. The Kier molecular flexibility index (Phi) is 5.18. The van der Waals surface area contributed by atoms with Crippen molar-refractivity contribution < 1.29 is 9.53 Å². The van der Waals surface area contributed by atoms with Crippen LogP contribution in [0.3, 0.4) is 0 Å².